The zero-order chi connectivity index (χ0) is 26.4. The lowest BCUT2D eigenvalue weighted by molar-refractivity contribution is -0.144. The number of benzene rings is 2. The molecule has 4 rings (SSSR count). The fourth-order valence-electron chi connectivity index (χ4n) is 5.16. The molecule has 4 amide bonds. The number of nitrogens with one attached hydrogen (secondary N) is 1. The lowest BCUT2D eigenvalue weighted by atomic mass is 9.85. The van der Waals surface area contributed by atoms with Crippen LogP contribution in [0.5, 0.6) is 0 Å². The molecule has 0 spiro atoms. The van der Waals surface area contributed by atoms with Gasteiger partial charge in [0.05, 0.1) is 11.8 Å². The van der Waals surface area contributed by atoms with Crippen molar-refractivity contribution in [1.29, 1.82) is 0 Å². The highest BCUT2D eigenvalue weighted by Crippen LogP contribution is 2.35. The summed E-state index contributed by atoms with van der Waals surface area (Å²) in [4.78, 5) is 55.8. The van der Waals surface area contributed by atoms with E-state index in [4.69, 9.17) is 0 Å². The Kier molecular flexibility index (Phi) is 8.54. The van der Waals surface area contributed by atoms with Crippen LogP contribution in [0.25, 0.3) is 0 Å². The fourth-order valence-corrected chi connectivity index (χ4v) is 5.16. The second kappa shape index (κ2) is 12.0. The van der Waals surface area contributed by atoms with Crippen molar-refractivity contribution in [3.05, 3.63) is 83.9 Å². The van der Waals surface area contributed by atoms with E-state index in [0.717, 1.165) is 11.1 Å². The highest BCUT2D eigenvalue weighted by atomic mass is 16.2. The van der Waals surface area contributed by atoms with Crippen molar-refractivity contribution in [3.63, 3.8) is 0 Å². The van der Waals surface area contributed by atoms with Crippen molar-refractivity contribution >= 4 is 23.6 Å². The van der Waals surface area contributed by atoms with Crippen molar-refractivity contribution in [2.24, 2.45) is 11.8 Å². The molecule has 1 saturated heterocycles. The summed E-state index contributed by atoms with van der Waals surface area (Å²) in [5.41, 5.74) is 1.84. The fraction of sp³-hybridized carbons (Fsp3) is 0.400. The summed E-state index contributed by atoms with van der Waals surface area (Å²) in [5.74, 6) is -1.53. The topological polar surface area (TPSA) is 86.8 Å². The maximum absolute atomic E-state index is 13.7. The van der Waals surface area contributed by atoms with Gasteiger partial charge in [-0.05, 0) is 37.8 Å². The molecule has 1 aliphatic heterocycles. The first-order chi connectivity index (χ1) is 17.8. The van der Waals surface area contributed by atoms with Crippen LogP contribution < -0.4 is 5.32 Å². The van der Waals surface area contributed by atoms with E-state index in [1.165, 1.54) is 4.90 Å². The highest BCUT2D eigenvalue weighted by molar-refractivity contribution is 6.05. The second-order valence-electron chi connectivity index (χ2n) is 10.1. The number of hydrogen-bond donors (Lipinski definition) is 1. The highest BCUT2D eigenvalue weighted by Gasteiger charge is 2.47. The Morgan fingerprint density at radius 3 is 1.97 bits per heavy atom. The number of amides is 4. The van der Waals surface area contributed by atoms with E-state index in [2.05, 4.69) is 5.32 Å². The lowest BCUT2D eigenvalue weighted by Crippen LogP contribution is -2.52. The standard InChI is InChI=1S/C30H35N3O4/c1-21(2)31-28(35)26(19-22-11-5-3-6-12-22)33(20-23-13-7-4-8-14-23)27(34)17-18-32-29(36)24-15-9-10-16-25(24)30(32)37/h3-14,21,24-26H,15-20H2,1-2H3,(H,31,35)/t24-,25+,26?. The first kappa shape index (κ1) is 26.3. The van der Waals surface area contributed by atoms with Crippen molar-refractivity contribution in [2.75, 3.05) is 6.54 Å². The first-order valence-electron chi connectivity index (χ1n) is 13.0. The average Bonchev–Trinajstić information content (AvgIpc) is 3.14. The van der Waals surface area contributed by atoms with Gasteiger partial charge in [0.25, 0.3) is 0 Å². The molecule has 0 bridgehead atoms. The van der Waals surface area contributed by atoms with Crippen LogP contribution in [0.1, 0.15) is 44.2 Å². The van der Waals surface area contributed by atoms with Crippen molar-refractivity contribution in [3.8, 4) is 0 Å². The number of hydrogen-bond acceptors (Lipinski definition) is 4. The van der Waals surface area contributed by atoms with Gasteiger partial charge in [-0.2, -0.15) is 0 Å². The molecule has 2 aliphatic rings. The molecule has 1 unspecified atom stereocenters. The Morgan fingerprint density at radius 1 is 0.892 bits per heavy atom. The molecule has 1 N–H and O–H groups in total. The summed E-state index contributed by atoms with van der Waals surface area (Å²) in [5, 5.41) is 2.97. The summed E-state index contributed by atoms with van der Waals surface area (Å²) in [6.45, 7) is 4.05. The SMILES string of the molecule is CC(C)NC(=O)C(Cc1ccccc1)N(Cc1ccccc1)C(=O)CCN1C(=O)[C@H]2CC=CC[C@H]2C1=O. The molecule has 0 aromatic heterocycles. The van der Waals surface area contributed by atoms with E-state index < -0.39 is 6.04 Å². The van der Waals surface area contributed by atoms with Crippen LogP contribution in [0.4, 0.5) is 0 Å². The van der Waals surface area contributed by atoms with Crippen molar-refractivity contribution < 1.29 is 19.2 Å². The van der Waals surface area contributed by atoms with Gasteiger partial charge in [-0.3, -0.25) is 24.1 Å². The molecular formula is C30H35N3O4. The minimum atomic E-state index is -0.741. The number of rotatable bonds is 10. The third kappa shape index (κ3) is 6.34. The van der Waals surface area contributed by atoms with Crippen LogP contribution in [0.15, 0.2) is 72.8 Å². The molecule has 0 radical (unpaired) electrons. The van der Waals surface area contributed by atoms with Crippen LogP contribution in [0, 0.1) is 11.8 Å². The molecule has 2 aromatic carbocycles. The number of fused-ring (bicyclic) bond motifs is 1. The van der Waals surface area contributed by atoms with Crippen LogP contribution in [0.2, 0.25) is 0 Å². The molecule has 1 heterocycles. The number of nitrogens with zero attached hydrogens (tertiary/aromatic N) is 2. The molecule has 1 aliphatic carbocycles. The van der Waals surface area contributed by atoms with E-state index in [1.807, 2.05) is 86.7 Å². The van der Waals surface area contributed by atoms with E-state index in [9.17, 15) is 19.2 Å². The van der Waals surface area contributed by atoms with E-state index >= 15 is 0 Å². The zero-order valence-corrected chi connectivity index (χ0v) is 21.5. The molecular weight excluding hydrogens is 466 g/mol. The Balaban J connectivity index is 1.56. The molecule has 7 nitrogen and oxygen atoms in total. The Hall–Kier alpha value is -3.74. The normalized spacial score (nSPS) is 19.6. The summed E-state index contributed by atoms with van der Waals surface area (Å²) < 4.78 is 0. The quantitative estimate of drug-likeness (QED) is 0.399. The predicted molar refractivity (Wildman–Crippen MR) is 141 cm³/mol. The first-order valence-corrected chi connectivity index (χ1v) is 13.0. The van der Waals surface area contributed by atoms with Gasteiger partial charge in [-0.25, -0.2) is 0 Å². The summed E-state index contributed by atoms with van der Waals surface area (Å²) in [6.07, 6.45) is 5.35. The molecule has 2 aromatic rings. The smallest absolute Gasteiger partial charge is 0.243 e. The Bertz CT molecular complexity index is 1120. The minimum Gasteiger partial charge on any atom is -0.352 e. The third-order valence-corrected chi connectivity index (χ3v) is 7.05. The van der Waals surface area contributed by atoms with E-state index in [1.54, 1.807) is 4.90 Å². The molecule has 3 atom stereocenters. The van der Waals surface area contributed by atoms with Gasteiger partial charge in [0.2, 0.25) is 23.6 Å². The Morgan fingerprint density at radius 2 is 1.43 bits per heavy atom. The maximum atomic E-state index is 13.7. The summed E-state index contributed by atoms with van der Waals surface area (Å²) in [7, 11) is 0. The monoisotopic (exact) mass is 501 g/mol. The number of carbonyl (C=O) groups is 4. The van der Waals surface area contributed by atoms with Gasteiger partial charge < -0.3 is 10.2 Å². The molecule has 37 heavy (non-hydrogen) atoms. The van der Waals surface area contributed by atoms with Gasteiger partial charge in [0, 0.05) is 32.0 Å². The second-order valence-corrected chi connectivity index (χ2v) is 10.1. The van der Waals surface area contributed by atoms with Gasteiger partial charge in [-0.15, -0.1) is 0 Å². The number of imide groups is 1. The number of allylic oxidation sites excluding steroid dienone is 2. The van der Waals surface area contributed by atoms with E-state index in [-0.39, 0.29) is 61.0 Å². The molecule has 194 valence electrons. The van der Waals surface area contributed by atoms with Crippen molar-refractivity contribution in [2.45, 2.75) is 58.2 Å². The zero-order valence-electron chi connectivity index (χ0n) is 21.5. The van der Waals surface area contributed by atoms with Crippen LogP contribution in [-0.4, -0.2) is 52.1 Å². The number of likely N-dealkylation sites (tertiary alicyclic amines) is 1. The lowest BCUT2D eigenvalue weighted by Gasteiger charge is -2.32. The third-order valence-electron chi connectivity index (χ3n) is 7.05. The van der Waals surface area contributed by atoms with Gasteiger partial charge in [0.15, 0.2) is 0 Å². The Labute approximate surface area is 218 Å². The van der Waals surface area contributed by atoms with Gasteiger partial charge in [0.1, 0.15) is 6.04 Å². The largest absolute Gasteiger partial charge is 0.352 e. The van der Waals surface area contributed by atoms with Crippen LogP contribution in [0.3, 0.4) is 0 Å². The minimum absolute atomic E-state index is 0.0264. The maximum Gasteiger partial charge on any atom is 0.243 e. The molecule has 0 saturated carbocycles. The number of carbonyl (C=O) groups excluding carboxylic acids is 4. The van der Waals surface area contributed by atoms with Gasteiger partial charge in [-0.1, -0.05) is 72.8 Å². The van der Waals surface area contributed by atoms with Crippen LogP contribution in [-0.2, 0) is 32.1 Å². The van der Waals surface area contributed by atoms with Crippen molar-refractivity contribution in [1.82, 2.24) is 15.1 Å². The van der Waals surface area contributed by atoms with Gasteiger partial charge >= 0.3 is 0 Å². The molecule has 7 heteroatoms. The van der Waals surface area contributed by atoms with Crippen LogP contribution >= 0.6 is 0 Å². The summed E-state index contributed by atoms with van der Waals surface area (Å²) in [6, 6.07) is 18.3. The predicted octanol–water partition coefficient (Wildman–Crippen LogP) is 3.49. The molecule has 1 fully saturated rings. The summed E-state index contributed by atoms with van der Waals surface area (Å²) >= 11 is 0. The average molecular weight is 502 g/mol. The van der Waals surface area contributed by atoms with E-state index in [0.29, 0.717) is 19.3 Å².